The van der Waals surface area contributed by atoms with Gasteiger partial charge in [0.2, 0.25) is 0 Å². The summed E-state index contributed by atoms with van der Waals surface area (Å²) < 4.78 is 5.11. The molecule has 0 N–H and O–H groups in total. The van der Waals surface area contributed by atoms with Gasteiger partial charge in [0.25, 0.3) is 0 Å². The highest BCUT2D eigenvalue weighted by atomic mass is 16.5. The second kappa shape index (κ2) is 2.24. The van der Waals surface area contributed by atoms with Crippen molar-refractivity contribution in [3.63, 3.8) is 0 Å². The molecule has 0 aromatic rings. The van der Waals surface area contributed by atoms with Gasteiger partial charge in [0.05, 0.1) is 6.61 Å². The van der Waals surface area contributed by atoms with E-state index in [0.717, 1.165) is 24.4 Å². The summed E-state index contributed by atoms with van der Waals surface area (Å²) in [6.45, 7) is 0.727. The summed E-state index contributed by atoms with van der Waals surface area (Å²) in [5.74, 6) is 3.25. The molecule has 0 aromatic heterocycles. The second-order valence-corrected chi connectivity index (χ2v) is 4.55. The van der Waals surface area contributed by atoms with Crippen molar-refractivity contribution >= 4 is 5.97 Å². The highest BCUT2D eigenvalue weighted by molar-refractivity contribution is 5.70. The van der Waals surface area contributed by atoms with Gasteiger partial charge in [0.1, 0.15) is 0 Å². The van der Waals surface area contributed by atoms with Gasteiger partial charge in [-0.05, 0) is 42.9 Å². The molecule has 2 heteroatoms. The molecule has 0 amide bonds. The maximum atomic E-state index is 11.1. The van der Waals surface area contributed by atoms with Crippen molar-refractivity contribution in [1.29, 1.82) is 0 Å². The van der Waals surface area contributed by atoms with E-state index in [1.807, 2.05) is 0 Å². The number of fused-ring (bicyclic) bond motifs is 5. The first kappa shape index (κ1) is 6.93. The lowest BCUT2D eigenvalue weighted by atomic mass is 9.77. The molecule has 4 unspecified atom stereocenters. The van der Waals surface area contributed by atoms with Gasteiger partial charge in [-0.3, -0.25) is 4.79 Å². The second-order valence-electron chi connectivity index (χ2n) is 4.55. The lowest BCUT2D eigenvalue weighted by Gasteiger charge is -2.33. The molecule has 2 nitrogen and oxygen atoms in total. The fourth-order valence-corrected chi connectivity index (χ4v) is 3.55. The molecule has 3 rings (SSSR count). The third-order valence-corrected chi connectivity index (χ3v) is 4.11. The van der Waals surface area contributed by atoms with E-state index in [9.17, 15) is 4.79 Å². The highest BCUT2D eigenvalue weighted by Crippen LogP contribution is 2.54. The largest absolute Gasteiger partial charge is 0.465 e. The van der Waals surface area contributed by atoms with Crippen LogP contribution in [0.25, 0.3) is 0 Å². The summed E-state index contributed by atoms with van der Waals surface area (Å²) >= 11 is 0. The lowest BCUT2D eigenvalue weighted by Crippen LogP contribution is -2.34. The van der Waals surface area contributed by atoms with Crippen LogP contribution in [-0.4, -0.2) is 12.6 Å². The fraction of sp³-hybridized carbons (Fsp3) is 0.900. The molecule has 0 spiro atoms. The van der Waals surface area contributed by atoms with Crippen LogP contribution in [0.5, 0.6) is 0 Å². The van der Waals surface area contributed by atoms with Crippen LogP contribution >= 0.6 is 0 Å². The number of carbonyl (C=O) groups is 1. The van der Waals surface area contributed by atoms with E-state index in [4.69, 9.17) is 4.74 Å². The van der Waals surface area contributed by atoms with E-state index >= 15 is 0 Å². The predicted octanol–water partition coefficient (Wildman–Crippen LogP) is 1.60. The van der Waals surface area contributed by atoms with E-state index in [2.05, 4.69) is 0 Å². The Morgan fingerprint density at radius 1 is 1.17 bits per heavy atom. The summed E-state index contributed by atoms with van der Waals surface area (Å²) in [6.07, 6.45) is 4.86. The zero-order valence-corrected chi connectivity index (χ0v) is 7.16. The molecule has 3 aliphatic rings. The Labute approximate surface area is 72.3 Å². The van der Waals surface area contributed by atoms with E-state index in [1.54, 1.807) is 0 Å². The van der Waals surface area contributed by atoms with Crippen LogP contribution in [0.2, 0.25) is 0 Å². The van der Waals surface area contributed by atoms with Crippen LogP contribution in [0.15, 0.2) is 0 Å². The molecule has 3 fully saturated rings. The minimum atomic E-state index is 0.0452. The Hall–Kier alpha value is -0.530. The number of cyclic esters (lactones) is 1. The van der Waals surface area contributed by atoms with Crippen molar-refractivity contribution < 1.29 is 9.53 Å². The van der Waals surface area contributed by atoms with Crippen molar-refractivity contribution in [2.24, 2.45) is 23.7 Å². The Morgan fingerprint density at radius 2 is 1.92 bits per heavy atom. The molecular weight excluding hydrogens is 152 g/mol. The molecule has 1 heterocycles. The average molecular weight is 166 g/mol. The van der Waals surface area contributed by atoms with Crippen molar-refractivity contribution in [2.45, 2.75) is 25.7 Å². The Morgan fingerprint density at radius 3 is 2.75 bits per heavy atom. The smallest absolute Gasteiger partial charge is 0.306 e. The molecule has 66 valence electrons. The Kier molecular flexibility index (Phi) is 1.29. The van der Waals surface area contributed by atoms with Crippen LogP contribution in [0.3, 0.4) is 0 Å². The minimum Gasteiger partial charge on any atom is -0.465 e. The first-order chi connectivity index (χ1) is 5.84. The van der Waals surface area contributed by atoms with Crippen LogP contribution in [0.4, 0.5) is 0 Å². The van der Waals surface area contributed by atoms with Gasteiger partial charge in [-0.25, -0.2) is 0 Å². The zero-order chi connectivity index (χ0) is 8.13. The topological polar surface area (TPSA) is 26.3 Å². The van der Waals surface area contributed by atoms with Gasteiger partial charge in [-0.15, -0.1) is 0 Å². The number of carbonyl (C=O) groups excluding carboxylic acids is 1. The Bertz CT molecular complexity index is 224. The van der Waals surface area contributed by atoms with Gasteiger partial charge in [-0.1, -0.05) is 0 Å². The number of rotatable bonds is 0. The molecule has 2 aliphatic carbocycles. The molecule has 2 bridgehead atoms. The molecule has 0 radical (unpaired) electrons. The van der Waals surface area contributed by atoms with E-state index in [1.165, 1.54) is 19.3 Å². The number of hydrogen-bond donors (Lipinski definition) is 0. The minimum absolute atomic E-state index is 0.0452. The zero-order valence-electron chi connectivity index (χ0n) is 7.16. The molecule has 4 atom stereocenters. The van der Waals surface area contributed by atoms with Crippen molar-refractivity contribution in [3.05, 3.63) is 0 Å². The number of esters is 1. The molecule has 1 aliphatic heterocycles. The molecule has 1 saturated heterocycles. The Balaban J connectivity index is 1.85. The average Bonchev–Trinajstić information content (AvgIpc) is 2.63. The first-order valence-corrected chi connectivity index (χ1v) is 5.00. The highest BCUT2D eigenvalue weighted by Gasteiger charge is 2.50. The van der Waals surface area contributed by atoms with Gasteiger partial charge in [0, 0.05) is 6.42 Å². The summed E-state index contributed by atoms with van der Waals surface area (Å²) in [5.41, 5.74) is 0. The quantitative estimate of drug-likeness (QED) is 0.511. The molecule has 0 aromatic carbocycles. The molecule has 2 saturated carbocycles. The standard InChI is InChI=1S/C10H14O2/c11-10-4-8-6-1-2-7(3-6)9(8)5-12-10/h6-9H,1-5H2. The van der Waals surface area contributed by atoms with E-state index < -0.39 is 0 Å². The summed E-state index contributed by atoms with van der Waals surface area (Å²) in [4.78, 5) is 11.1. The fourth-order valence-electron chi connectivity index (χ4n) is 3.55. The van der Waals surface area contributed by atoms with Crippen LogP contribution in [0, 0.1) is 23.7 Å². The maximum absolute atomic E-state index is 11.1. The summed E-state index contributed by atoms with van der Waals surface area (Å²) in [7, 11) is 0. The van der Waals surface area contributed by atoms with Crippen molar-refractivity contribution in [3.8, 4) is 0 Å². The molecular formula is C10H14O2. The number of ether oxygens (including phenoxy) is 1. The normalized spacial score (nSPS) is 50.5. The van der Waals surface area contributed by atoms with Crippen molar-refractivity contribution in [2.75, 3.05) is 6.61 Å². The van der Waals surface area contributed by atoms with E-state index in [-0.39, 0.29) is 5.97 Å². The summed E-state index contributed by atoms with van der Waals surface area (Å²) in [6, 6.07) is 0. The van der Waals surface area contributed by atoms with Gasteiger partial charge in [-0.2, -0.15) is 0 Å². The molecule has 12 heavy (non-hydrogen) atoms. The third kappa shape index (κ3) is 0.782. The summed E-state index contributed by atoms with van der Waals surface area (Å²) in [5, 5.41) is 0. The van der Waals surface area contributed by atoms with Gasteiger partial charge < -0.3 is 4.74 Å². The predicted molar refractivity (Wildman–Crippen MR) is 43.4 cm³/mol. The SMILES string of the molecule is O=C1CC2C3CCC(C3)C2CO1. The number of hydrogen-bond acceptors (Lipinski definition) is 2. The van der Waals surface area contributed by atoms with Gasteiger partial charge >= 0.3 is 5.97 Å². The maximum Gasteiger partial charge on any atom is 0.306 e. The van der Waals surface area contributed by atoms with E-state index in [0.29, 0.717) is 12.3 Å². The monoisotopic (exact) mass is 166 g/mol. The van der Waals surface area contributed by atoms with Gasteiger partial charge in [0.15, 0.2) is 0 Å². The third-order valence-electron chi connectivity index (χ3n) is 4.11. The van der Waals surface area contributed by atoms with Crippen LogP contribution in [0.1, 0.15) is 25.7 Å². The first-order valence-electron chi connectivity index (χ1n) is 5.00. The van der Waals surface area contributed by atoms with Crippen LogP contribution < -0.4 is 0 Å². The lowest BCUT2D eigenvalue weighted by molar-refractivity contribution is -0.154. The van der Waals surface area contributed by atoms with Crippen LogP contribution in [-0.2, 0) is 9.53 Å². The van der Waals surface area contributed by atoms with Crippen molar-refractivity contribution in [1.82, 2.24) is 0 Å².